The zero-order valence-corrected chi connectivity index (χ0v) is 3.81. The van der Waals surface area contributed by atoms with Gasteiger partial charge in [-0.2, -0.15) is 0 Å². The van der Waals surface area contributed by atoms with Crippen LogP contribution in [0.3, 0.4) is 0 Å². The first-order valence-electron chi connectivity index (χ1n) is 0.565. The van der Waals surface area contributed by atoms with E-state index in [9.17, 15) is 0 Å². The molecule has 0 aliphatic rings. The van der Waals surface area contributed by atoms with Gasteiger partial charge in [-0.05, 0) is 0 Å². The molecule has 7 heavy (non-hydrogen) atoms. The Morgan fingerprint density at radius 1 is 1.29 bits per heavy atom. The van der Waals surface area contributed by atoms with Crippen molar-refractivity contribution >= 4 is 80.9 Å². The molecule has 0 radical (unpaired) electrons. The summed E-state index contributed by atoms with van der Waals surface area (Å²) in [5, 5.41) is 0. The van der Waals surface area contributed by atoms with E-state index in [2.05, 4.69) is 0 Å². The Bertz CT molecular complexity index is 63.3. The van der Waals surface area contributed by atoms with Crippen LogP contribution in [0.15, 0.2) is 0 Å². The quantitative estimate of drug-likeness (QED) is 0.426. The van der Waals surface area contributed by atoms with Crippen LogP contribution in [0.4, 0.5) is 0 Å². The van der Waals surface area contributed by atoms with E-state index >= 15 is 0 Å². The third kappa shape index (κ3) is 52.9. The van der Waals surface area contributed by atoms with E-state index < -0.39 is 15.4 Å². The zero-order chi connectivity index (χ0) is 3.58. The van der Waals surface area contributed by atoms with Crippen LogP contribution in [0, 0.1) is 0 Å². The summed E-state index contributed by atoms with van der Waals surface area (Å²) in [5.41, 5.74) is 0. The predicted molar refractivity (Wildman–Crippen MR) is 22.9 cm³/mol. The normalized spacial score (nSPS) is 3.57. The Morgan fingerprint density at radius 3 is 1.29 bits per heavy atom. The average molecular weight is 181 g/mol. The zero-order valence-electron chi connectivity index (χ0n) is 2.42. The summed E-state index contributed by atoms with van der Waals surface area (Å²) in [6.45, 7) is 0. The van der Waals surface area contributed by atoms with Gasteiger partial charge >= 0.3 is 108 Å². The molecule has 0 unspecified atom stereocenters. The molecule has 0 aromatic heterocycles. The monoisotopic (exact) mass is 181 g/mol. The van der Waals surface area contributed by atoms with Crippen molar-refractivity contribution in [3.63, 3.8) is 0 Å². The molecular formula is H6KNNaO3V. The molecule has 0 aliphatic carbocycles. The van der Waals surface area contributed by atoms with Crippen molar-refractivity contribution in [2.45, 2.75) is 0 Å². The maximum atomic E-state index is 8.67. The van der Waals surface area contributed by atoms with Crippen LogP contribution < -0.4 is 6.15 Å². The summed E-state index contributed by atoms with van der Waals surface area (Å²) in [4.78, 5) is 0. The van der Waals surface area contributed by atoms with E-state index in [-0.39, 0.29) is 87.1 Å². The second-order valence-electron chi connectivity index (χ2n) is 0.238. The number of rotatable bonds is 0. The number of hydrogen-bond donors (Lipinski definition) is 2. The standard InChI is InChI=1S/K.H3N.Na.H2O.2O.V.2H/h;1H3;;1H2;;;;;/q;;;;;;+1;;/p-1. The summed E-state index contributed by atoms with van der Waals surface area (Å²) in [5.74, 6) is 0. The van der Waals surface area contributed by atoms with Gasteiger partial charge < -0.3 is 6.15 Å². The Morgan fingerprint density at radius 2 is 1.29 bits per heavy atom. The van der Waals surface area contributed by atoms with Crippen LogP contribution in [-0.2, 0) is 22.7 Å². The van der Waals surface area contributed by atoms with Gasteiger partial charge in [0.2, 0.25) is 0 Å². The molecule has 0 aromatic carbocycles. The van der Waals surface area contributed by atoms with Crippen LogP contribution >= 0.6 is 0 Å². The van der Waals surface area contributed by atoms with Crippen LogP contribution in [0.25, 0.3) is 0 Å². The fraction of sp³-hybridized carbons (Fsp3) is 0. The molecule has 4 nitrogen and oxygen atoms in total. The Kier molecular flexibility index (Phi) is 51.3. The van der Waals surface area contributed by atoms with E-state index in [0.29, 0.717) is 0 Å². The van der Waals surface area contributed by atoms with Gasteiger partial charge in [0.1, 0.15) is 0 Å². The molecule has 0 fully saturated rings. The summed E-state index contributed by atoms with van der Waals surface area (Å²) < 4.78 is 24.4. The molecule has 36 valence electrons. The van der Waals surface area contributed by atoms with Crippen LogP contribution in [0.2, 0.25) is 0 Å². The van der Waals surface area contributed by atoms with E-state index in [1.54, 1.807) is 0 Å². The molecule has 0 atom stereocenters. The van der Waals surface area contributed by atoms with Crippen molar-refractivity contribution in [3.8, 4) is 0 Å². The summed E-state index contributed by atoms with van der Waals surface area (Å²) >= 11 is -3.69. The van der Waals surface area contributed by atoms with E-state index in [4.69, 9.17) is 11.4 Å². The molecule has 0 aromatic rings. The first-order chi connectivity index (χ1) is 1.73. The predicted octanol–water partition coefficient (Wildman–Crippen LogP) is -1.93. The minimum absolute atomic E-state index is 0. The van der Waals surface area contributed by atoms with Crippen LogP contribution in [0.5, 0.6) is 0 Å². The van der Waals surface area contributed by atoms with Crippen LogP contribution in [0.1, 0.15) is 0 Å². The van der Waals surface area contributed by atoms with Gasteiger partial charge in [-0.15, -0.1) is 0 Å². The molecule has 4 N–H and O–H groups in total. The third-order valence-electron chi connectivity index (χ3n) is 0. The Labute approximate surface area is 111 Å². The summed E-state index contributed by atoms with van der Waals surface area (Å²) in [7, 11) is 0. The fourth-order valence-electron chi connectivity index (χ4n) is 0. The van der Waals surface area contributed by atoms with Crippen molar-refractivity contribution in [1.82, 2.24) is 6.15 Å². The van der Waals surface area contributed by atoms with Crippen molar-refractivity contribution in [1.29, 1.82) is 0 Å². The molecule has 0 saturated heterocycles. The molecule has 0 spiro atoms. The first-order valence-corrected chi connectivity index (χ1v) is 2.33. The topological polar surface area (TPSA) is 89.4 Å². The van der Waals surface area contributed by atoms with Crippen molar-refractivity contribution < 1.29 is 26.8 Å². The second-order valence-corrected chi connectivity index (χ2v) is 0.981. The molecule has 0 bridgehead atoms. The van der Waals surface area contributed by atoms with Crippen molar-refractivity contribution in [2.75, 3.05) is 0 Å². The molecule has 0 saturated carbocycles. The van der Waals surface area contributed by atoms with Crippen molar-refractivity contribution in [2.24, 2.45) is 0 Å². The van der Waals surface area contributed by atoms with Crippen LogP contribution in [-0.4, -0.2) is 85.0 Å². The SMILES string of the molecule is N.[KH].[NaH].[O]=[V](=[O])[OH]. The maximum absolute atomic E-state index is 8.67. The van der Waals surface area contributed by atoms with Gasteiger partial charge in [-0.25, -0.2) is 0 Å². The molecular weight excluding hydrogens is 175 g/mol. The van der Waals surface area contributed by atoms with Gasteiger partial charge in [0.15, 0.2) is 0 Å². The molecule has 0 aliphatic heterocycles. The first kappa shape index (κ1) is 22.6. The molecule has 0 amide bonds. The van der Waals surface area contributed by atoms with Gasteiger partial charge in [-0.1, -0.05) is 0 Å². The van der Waals surface area contributed by atoms with Gasteiger partial charge in [0.25, 0.3) is 0 Å². The molecule has 7 heteroatoms. The number of hydrogen-bond acceptors (Lipinski definition) is 3. The van der Waals surface area contributed by atoms with Gasteiger partial charge in [0, 0.05) is 0 Å². The fourth-order valence-corrected chi connectivity index (χ4v) is 0. The second kappa shape index (κ2) is 15.9. The van der Waals surface area contributed by atoms with Gasteiger partial charge in [0.05, 0.1) is 0 Å². The average Bonchev–Trinajstić information content (AvgIpc) is 0.811. The third-order valence-corrected chi connectivity index (χ3v) is 0. The van der Waals surface area contributed by atoms with E-state index in [0.717, 1.165) is 0 Å². The molecule has 0 rings (SSSR count). The minimum atomic E-state index is -3.69. The summed E-state index contributed by atoms with van der Waals surface area (Å²) in [6, 6.07) is 0. The van der Waals surface area contributed by atoms with Crippen molar-refractivity contribution in [3.05, 3.63) is 0 Å². The van der Waals surface area contributed by atoms with E-state index in [1.807, 2.05) is 0 Å². The Balaban J connectivity index is -0.0000000150. The summed E-state index contributed by atoms with van der Waals surface area (Å²) in [6.07, 6.45) is 0. The Hall–Kier alpha value is 2.74. The molecule has 0 heterocycles. The van der Waals surface area contributed by atoms with Gasteiger partial charge in [-0.3, -0.25) is 0 Å². The van der Waals surface area contributed by atoms with E-state index in [1.165, 1.54) is 0 Å².